The van der Waals surface area contributed by atoms with Crippen LogP contribution in [0.25, 0.3) is 0 Å². The minimum absolute atomic E-state index is 0.112. The molecule has 62 valence electrons. The van der Waals surface area contributed by atoms with Gasteiger partial charge in [0, 0.05) is 0 Å². The van der Waals surface area contributed by atoms with E-state index in [0.29, 0.717) is 0 Å². The highest BCUT2D eigenvalue weighted by atomic mass is 16.8. The van der Waals surface area contributed by atoms with Crippen molar-refractivity contribution >= 4 is 11.8 Å². The number of esters is 1. The lowest BCUT2D eigenvalue weighted by Gasteiger charge is -1.98. The topological polar surface area (TPSA) is 80.2 Å². The molecule has 1 unspecified atom stereocenters. The highest BCUT2D eigenvalue weighted by molar-refractivity contribution is 6.35. The number of hydroxylamine groups is 1. The average molecular weight is 160 g/mol. The minimum atomic E-state index is -1.31. The number of hydrogen-bond donors (Lipinski definition) is 2. The molecule has 0 bridgehead atoms. The van der Waals surface area contributed by atoms with E-state index in [0.717, 1.165) is 0 Å². The third-order valence-corrected chi connectivity index (χ3v) is 0.969. The monoisotopic (exact) mass is 160 g/mol. The van der Waals surface area contributed by atoms with Crippen molar-refractivity contribution in [3.8, 4) is 0 Å². The number of rotatable bonds is 2. The van der Waals surface area contributed by atoms with Crippen molar-refractivity contribution in [1.29, 1.82) is 0 Å². The summed E-state index contributed by atoms with van der Waals surface area (Å²) in [5, 5.41) is 8.64. The summed E-state index contributed by atoms with van der Waals surface area (Å²) in [5.41, 5.74) is 2.12. The van der Waals surface area contributed by atoms with Crippen LogP contribution >= 0.6 is 0 Å². The summed E-state index contributed by atoms with van der Waals surface area (Å²) >= 11 is 0. The van der Waals surface area contributed by atoms with Crippen LogP contribution in [0.2, 0.25) is 0 Å². The van der Waals surface area contributed by atoms with Crippen molar-refractivity contribution in [2.75, 3.05) is 6.61 Å². The van der Waals surface area contributed by atoms with Crippen molar-refractivity contribution in [2.45, 2.75) is 13.3 Å². The first-order valence-corrected chi connectivity index (χ1v) is 3.08. The molecule has 0 saturated heterocycles. The molecule has 6 heteroatoms. The van der Waals surface area contributed by atoms with Crippen molar-refractivity contribution in [1.82, 2.24) is 5.48 Å². The Labute approximate surface area is 62.8 Å². The number of hydrogen-bond acceptors (Lipinski definition) is 6. The molecule has 0 aromatic rings. The zero-order chi connectivity index (χ0) is 8.27. The van der Waals surface area contributed by atoms with Crippen LogP contribution in [0.1, 0.15) is 6.92 Å². The van der Waals surface area contributed by atoms with Crippen LogP contribution in [0.3, 0.4) is 0 Å². The average Bonchev–Trinajstić information content (AvgIpc) is 2.36. The van der Waals surface area contributed by atoms with Crippen LogP contribution in [-0.4, -0.2) is 29.9 Å². The van der Waals surface area contributed by atoms with Gasteiger partial charge in [-0.1, -0.05) is 0 Å². The number of aliphatic hydroxyl groups is 1. The Morgan fingerprint density at radius 2 is 2.73 bits per heavy atom. The van der Waals surface area contributed by atoms with Gasteiger partial charge in [0.1, 0.15) is 0 Å². The van der Waals surface area contributed by atoms with Gasteiger partial charge in [0.25, 0.3) is 6.41 Å². The van der Waals surface area contributed by atoms with Crippen LogP contribution in [0.4, 0.5) is 0 Å². The molecule has 6 nitrogen and oxygen atoms in total. The molecule has 0 aliphatic carbocycles. The molecule has 1 aliphatic rings. The fourth-order valence-electron chi connectivity index (χ4n) is 0.565. The van der Waals surface area contributed by atoms with Gasteiger partial charge in [-0.2, -0.15) is 4.99 Å². The van der Waals surface area contributed by atoms with Crippen molar-refractivity contribution in [3.63, 3.8) is 0 Å². The second-order valence-electron chi connectivity index (χ2n) is 1.74. The second kappa shape index (κ2) is 3.31. The molecule has 0 saturated carbocycles. The summed E-state index contributed by atoms with van der Waals surface area (Å²) in [6, 6.07) is 0. The summed E-state index contributed by atoms with van der Waals surface area (Å²) in [5.74, 6) is -0.747. The van der Waals surface area contributed by atoms with Gasteiger partial charge in [0.05, 0.1) is 6.61 Å². The van der Waals surface area contributed by atoms with Crippen molar-refractivity contribution in [3.05, 3.63) is 0 Å². The number of aliphatic imine (C=N–C) groups is 1. The molecule has 1 aliphatic heterocycles. The summed E-state index contributed by atoms with van der Waals surface area (Å²) in [4.78, 5) is 18.5. The Morgan fingerprint density at radius 1 is 2.00 bits per heavy atom. The summed E-state index contributed by atoms with van der Waals surface area (Å²) in [6.07, 6.45) is -1.31. The molecular weight excluding hydrogens is 152 g/mol. The lowest BCUT2D eigenvalue weighted by atomic mass is 10.6. The molecule has 0 aromatic carbocycles. The van der Waals surface area contributed by atoms with Crippen LogP contribution < -0.4 is 5.48 Å². The fourth-order valence-corrected chi connectivity index (χ4v) is 0.565. The summed E-state index contributed by atoms with van der Waals surface area (Å²) in [6.45, 7) is 1.93. The lowest BCUT2D eigenvalue weighted by Crippen LogP contribution is -2.28. The number of nitrogens with one attached hydrogen (secondary N) is 1. The van der Waals surface area contributed by atoms with Gasteiger partial charge in [-0.05, 0) is 6.92 Å². The first kappa shape index (κ1) is 7.96. The Hall–Kier alpha value is -1.14. The van der Waals surface area contributed by atoms with E-state index in [-0.39, 0.29) is 12.4 Å². The highest BCUT2D eigenvalue weighted by Gasteiger charge is 2.21. The van der Waals surface area contributed by atoms with Crippen LogP contribution in [0.15, 0.2) is 4.99 Å². The van der Waals surface area contributed by atoms with E-state index in [2.05, 4.69) is 20.0 Å². The quantitative estimate of drug-likeness (QED) is 0.494. The third-order valence-electron chi connectivity index (χ3n) is 0.969. The number of nitrogens with zero attached hydrogens (tertiary/aromatic N) is 1. The normalized spacial score (nSPS) is 22.4. The molecule has 0 amide bonds. The Bertz CT molecular complexity index is 191. The zero-order valence-electron chi connectivity index (χ0n) is 5.90. The summed E-state index contributed by atoms with van der Waals surface area (Å²) < 4.78 is 4.55. The third kappa shape index (κ3) is 1.89. The smallest absolute Gasteiger partial charge is 0.375 e. The van der Waals surface area contributed by atoms with Gasteiger partial charge in [-0.3, -0.25) is 0 Å². The van der Waals surface area contributed by atoms with E-state index in [9.17, 15) is 4.79 Å². The Kier molecular flexibility index (Phi) is 2.40. The van der Waals surface area contributed by atoms with E-state index in [1.165, 1.54) is 0 Å². The van der Waals surface area contributed by atoms with Crippen molar-refractivity contribution < 1.29 is 19.5 Å². The van der Waals surface area contributed by atoms with Crippen LogP contribution in [0, 0.1) is 0 Å². The summed E-state index contributed by atoms with van der Waals surface area (Å²) in [7, 11) is 0. The molecule has 0 aromatic heterocycles. The molecule has 0 spiro atoms. The maximum absolute atomic E-state index is 10.8. The SMILES string of the molecule is CCOC(=O)C1=NC(O)ON1. The molecule has 2 N–H and O–H groups in total. The van der Waals surface area contributed by atoms with E-state index in [1.807, 2.05) is 0 Å². The predicted molar refractivity (Wildman–Crippen MR) is 34.3 cm³/mol. The van der Waals surface area contributed by atoms with Gasteiger partial charge >= 0.3 is 5.97 Å². The van der Waals surface area contributed by atoms with Gasteiger partial charge in [0.15, 0.2) is 0 Å². The first-order chi connectivity index (χ1) is 5.24. The standard InChI is InChI=1S/C5H8N2O4/c1-2-10-4(8)3-6-5(9)11-7-3/h5,9H,2H2,1H3,(H,6,7). The van der Waals surface area contributed by atoms with Crippen LogP contribution in [0.5, 0.6) is 0 Å². The molecule has 0 fully saturated rings. The maximum Gasteiger partial charge on any atom is 0.375 e. The molecule has 11 heavy (non-hydrogen) atoms. The fraction of sp³-hybridized carbons (Fsp3) is 0.600. The number of aliphatic hydroxyl groups excluding tert-OH is 1. The molecule has 1 rings (SSSR count). The molecule has 1 heterocycles. The van der Waals surface area contributed by atoms with Gasteiger partial charge in [0.2, 0.25) is 5.84 Å². The number of amidine groups is 1. The van der Waals surface area contributed by atoms with Gasteiger partial charge in [-0.25, -0.2) is 15.1 Å². The van der Waals surface area contributed by atoms with E-state index in [4.69, 9.17) is 5.11 Å². The molecule has 0 radical (unpaired) electrons. The Morgan fingerprint density at radius 3 is 3.18 bits per heavy atom. The number of ether oxygens (including phenoxy) is 1. The second-order valence-corrected chi connectivity index (χ2v) is 1.74. The number of carbonyl (C=O) groups excluding carboxylic acids is 1. The van der Waals surface area contributed by atoms with Gasteiger partial charge < -0.3 is 9.84 Å². The molecule has 1 atom stereocenters. The van der Waals surface area contributed by atoms with E-state index in [1.54, 1.807) is 6.92 Å². The lowest BCUT2D eigenvalue weighted by molar-refractivity contribution is -0.136. The predicted octanol–water partition coefficient (Wildman–Crippen LogP) is -1.24. The Balaban J connectivity index is 2.48. The highest BCUT2D eigenvalue weighted by Crippen LogP contribution is 1.96. The first-order valence-electron chi connectivity index (χ1n) is 3.08. The number of carbonyl (C=O) groups is 1. The van der Waals surface area contributed by atoms with Gasteiger partial charge in [-0.15, -0.1) is 0 Å². The van der Waals surface area contributed by atoms with E-state index >= 15 is 0 Å². The van der Waals surface area contributed by atoms with E-state index < -0.39 is 12.4 Å². The minimum Gasteiger partial charge on any atom is -0.460 e. The maximum atomic E-state index is 10.8. The van der Waals surface area contributed by atoms with Crippen LogP contribution in [-0.2, 0) is 14.4 Å². The zero-order valence-corrected chi connectivity index (χ0v) is 5.90. The largest absolute Gasteiger partial charge is 0.460 e. The van der Waals surface area contributed by atoms with Crippen molar-refractivity contribution in [2.24, 2.45) is 4.99 Å². The molecular formula is C5H8N2O4.